The number of nitrogens with zero attached hydrogens (tertiary/aromatic N) is 3. The number of carbonyl (C=O) groups excluding carboxylic acids is 1. The zero-order valence-corrected chi connectivity index (χ0v) is 17.6. The highest BCUT2D eigenvalue weighted by Crippen LogP contribution is 2.21. The number of halogens is 2. The highest BCUT2D eigenvalue weighted by molar-refractivity contribution is 6.31. The second-order valence-corrected chi connectivity index (χ2v) is 7.96. The fourth-order valence-corrected chi connectivity index (χ4v) is 4.05. The van der Waals surface area contributed by atoms with Crippen molar-refractivity contribution in [3.05, 3.63) is 79.6 Å². The van der Waals surface area contributed by atoms with E-state index in [2.05, 4.69) is 10.00 Å². The first-order chi connectivity index (χ1) is 14.9. The number of fused-ring (bicyclic) bond motifs is 1. The normalized spacial score (nSPS) is 14.8. The van der Waals surface area contributed by atoms with Crippen molar-refractivity contribution in [2.75, 3.05) is 26.2 Å². The van der Waals surface area contributed by atoms with Crippen LogP contribution in [0.4, 0.5) is 4.39 Å². The maximum atomic E-state index is 14.0. The molecular formula is C22H22ClFN4O3. The molecule has 1 aliphatic rings. The number of aryl methyl sites for hydroxylation is 1. The quantitative estimate of drug-likeness (QED) is 0.654. The minimum Gasteiger partial charge on any atom is -0.340 e. The number of nitrogens with one attached hydrogen (secondary N) is 1. The van der Waals surface area contributed by atoms with E-state index < -0.39 is 0 Å². The molecule has 2 heterocycles. The smallest absolute Gasteiger partial charge is 0.273 e. The van der Waals surface area contributed by atoms with Crippen molar-refractivity contribution in [3.8, 4) is 0 Å². The Kier molecular flexibility index (Phi) is 6.20. The molecular weight excluding hydrogens is 423 g/mol. The number of benzene rings is 2. The molecule has 0 spiro atoms. The number of piperazine rings is 1. The van der Waals surface area contributed by atoms with Crippen LogP contribution in [0, 0.1) is 5.82 Å². The number of aromatic nitrogens is 2. The van der Waals surface area contributed by atoms with Gasteiger partial charge in [0.25, 0.3) is 11.1 Å². The summed E-state index contributed by atoms with van der Waals surface area (Å²) in [4.78, 5) is 41.1. The molecule has 0 radical (unpaired) electrons. The Balaban J connectivity index is 1.35. The lowest BCUT2D eigenvalue weighted by Gasteiger charge is -2.35. The van der Waals surface area contributed by atoms with Crippen molar-refractivity contribution >= 4 is 28.3 Å². The molecule has 0 unspecified atom stereocenters. The number of hydrogen-bond acceptors (Lipinski definition) is 4. The van der Waals surface area contributed by atoms with Crippen LogP contribution in [0.3, 0.4) is 0 Å². The van der Waals surface area contributed by atoms with Gasteiger partial charge in [0.15, 0.2) is 0 Å². The molecule has 1 aliphatic heterocycles. The molecule has 31 heavy (non-hydrogen) atoms. The van der Waals surface area contributed by atoms with Crippen molar-refractivity contribution in [2.45, 2.75) is 19.5 Å². The van der Waals surface area contributed by atoms with Crippen LogP contribution in [0.5, 0.6) is 0 Å². The predicted molar refractivity (Wildman–Crippen MR) is 117 cm³/mol. The Morgan fingerprint density at radius 1 is 1.00 bits per heavy atom. The summed E-state index contributed by atoms with van der Waals surface area (Å²) < 4.78 is 15.2. The van der Waals surface area contributed by atoms with Crippen LogP contribution in [-0.2, 0) is 17.9 Å². The third-order valence-electron chi connectivity index (χ3n) is 5.60. The van der Waals surface area contributed by atoms with Gasteiger partial charge in [-0.25, -0.2) is 9.07 Å². The fourth-order valence-electron chi connectivity index (χ4n) is 3.83. The number of H-pyrrole nitrogens is 1. The van der Waals surface area contributed by atoms with E-state index >= 15 is 0 Å². The molecule has 1 N–H and O–H groups in total. The number of amides is 1. The third kappa shape index (κ3) is 4.55. The summed E-state index contributed by atoms with van der Waals surface area (Å²) in [6.45, 7) is 2.71. The van der Waals surface area contributed by atoms with Gasteiger partial charge in [0.1, 0.15) is 5.82 Å². The predicted octanol–water partition coefficient (Wildman–Crippen LogP) is 2.22. The van der Waals surface area contributed by atoms with E-state index in [1.807, 2.05) is 0 Å². The summed E-state index contributed by atoms with van der Waals surface area (Å²) in [6.07, 6.45) is 0.104. The third-order valence-corrected chi connectivity index (χ3v) is 5.96. The number of aromatic amines is 1. The molecule has 0 atom stereocenters. The monoisotopic (exact) mass is 444 g/mol. The summed E-state index contributed by atoms with van der Waals surface area (Å²) in [5, 5.41) is 3.61. The average molecular weight is 445 g/mol. The van der Waals surface area contributed by atoms with Gasteiger partial charge >= 0.3 is 0 Å². The fraction of sp³-hybridized carbons (Fsp3) is 0.318. The zero-order valence-electron chi connectivity index (χ0n) is 16.8. The van der Waals surface area contributed by atoms with Crippen LogP contribution in [0.15, 0.2) is 52.1 Å². The first-order valence-electron chi connectivity index (χ1n) is 10.1. The van der Waals surface area contributed by atoms with E-state index in [9.17, 15) is 18.8 Å². The summed E-state index contributed by atoms with van der Waals surface area (Å²) in [5.41, 5.74) is -0.221. The van der Waals surface area contributed by atoms with Gasteiger partial charge in [-0.05, 0) is 24.3 Å². The van der Waals surface area contributed by atoms with E-state index in [1.165, 1.54) is 10.7 Å². The lowest BCUT2D eigenvalue weighted by Crippen LogP contribution is -2.48. The Hall–Kier alpha value is -2.97. The first-order valence-corrected chi connectivity index (χ1v) is 10.5. The van der Waals surface area contributed by atoms with E-state index in [0.717, 1.165) is 0 Å². The molecule has 4 rings (SSSR count). The van der Waals surface area contributed by atoms with E-state index in [1.54, 1.807) is 41.3 Å². The largest absolute Gasteiger partial charge is 0.340 e. The van der Waals surface area contributed by atoms with Gasteiger partial charge < -0.3 is 4.90 Å². The van der Waals surface area contributed by atoms with Gasteiger partial charge in [-0.2, -0.15) is 0 Å². The SMILES string of the molecule is O=C(CCn1[nH]c(=O)c2ccccc2c1=O)N1CCN(Cc2c(F)cccc2Cl)CC1. The molecule has 0 bridgehead atoms. The topological polar surface area (TPSA) is 78.4 Å². The molecule has 9 heteroatoms. The van der Waals surface area contributed by atoms with Gasteiger partial charge in [0.2, 0.25) is 5.91 Å². The number of rotatable bonds is 5. The van der Waals surface area contributed by atoms with Crippen molar-refractivity contribution in [3.63, 3.8) is 0 Å². The van der Waals surface area contributed by atoms with Gasteiger partial charge in [-0.15, -0.1) is 0 Å². The van der Waals surface area contributed by atoms with Crippen molar-refractivity contribution in [1.82, 2.24) is 19.6 Å². The van der Waals surface area contributed by atoms with Crippen LogP contribution < -0.4 is 11.1 Å². The highest BCUT2D eigenvalue weighted by atomic mass is 35.5. The second kappa shape index (κ2) is 9.03. The molecule has 1 saturated heterocycles. The minimum absolute atomic E-state index is 0.0931. The number of hydrogen-bond donors (Lipinski definition) is 1. The molecule has 1 amide bonds. The summed E-state index contributed by atoms with van der Waals surface area (Å²) in [5.74, 6) is -0.426. The van der Waals surface area contributed by atoms with Crippen molar-refractivity contribution < 1.29 is 9.18 Å². The minimum atomic E-state index is -0.358. The van der Waals surface area contributed by atoms with Crippen LogP contribution in [0.2, 0.25) is 5.02 Å². The van der Waals surface area contributed by atoms with Gasteiger partial charge in [-0.1, -0.05) is 29.8 Å². The molecule has 7 nitrogen and oxygen atoms in total. The molecule has 1 aromatic heterocycles. The number of carbonyl (C=O) groups is 1. The molecule has 1 fully saturated rings. The van der Waals surface area contributed by atoms with E-state index in [-0.39, 0.29) is 35.8 Å². The van der Waals surface area contributed by atoms with Gasteiger partial charge in [0, 0.05) is 49.7 Å². The molecule has 162 valence electrons. The van der Waals surface area contributed by atoms with Crippen molar-refractivity contribution in [1.29, 1.82) is 0 Å². The summed E-state index contributed by atoms with van der Waals surface area (Å²) in [7, 11) is 0. The van der Waals surface area contributed by atoms with E-state index in [0.29, 0.717) is 54.1 Å². The molecule has 0 saturated carbocycles. The van der Waals surface area contributed by atoms with E-state index in [4.69, 9.17) is 11.6 Å². The van der Waals surface area contributed by atoms with Gasteiger partial charge in [0.05, 0.1) is 17.3 Å². The maximum absolute atomic E-state index is 14.0. The summed E-state index contributed by atoms with van der Waals surface area (Å²) in [6, 6.07) is 11.2. The zero-order chi connectivity index (χ0) is 22.0. The first kappa shape index (κ1) is 21.3. The Bertz CT molecular complexity index is 1210. The Morgan fingerprint density at radius 3 is 2.42 bits per heavy atom. The van der Waals surface area contributed by atoms with Crippen LogP contribution in [0.25, 0.3) is 10.8 Å². The molecule has 3 aromatic rings. The second-order valence-electron chi connectivity index (χ2n) is 7.55. The standard InChI is InChI=1S/C22H22ClFN4O3/c23-18-6-3-7-19(24)17(18)14-26-10-12-27(13-11-26)20(29)8-9-28-22(31)16-5-2-1-4-15(16)21(30)25-28/h1-7H,8-14H2,(H,25,30). The van der Waals surface area contributed by atoms with Crippen LogP contribution in [0.1, 0.15) is 12.0 Å². The Labute approximate surface area is 182 Å². The average Bonchev–Trinajstić information content (AvgIpc) is 2.78. The highest BCUT2D eigenvalue weighted by Gasteiger charge is 2.22. The lowest BCUT2D eigenvalue weighted by atomic mass is 10.1. The molecule has 2 aromatic carbocycles. The van der Waals surface area contributed by atoms with Gasteiger partial charge in [-0.3, -0.25) is 24.4 Å². The van der Waals surface area contributed by atoms with Crippen molar-refractivity contribution in [2.24, 2.45) is 0 Å². The summed E-state index contributed by atoms with van der Waals surface area (Å²) >= 11 is 6.10. The molecule has 0 aliphatic carbocycles. The van der Waals surface area contributed by atoms with Crippen LogP contribution >= 0.6 is 11.6 Å². The van der Waals surface area contributed by atoms with Crippen LogP contribution in [-0.4, -0.2) is 51.7 Å². The lowest BCUT2D eigenvalue weighted by molar-refractivity contribution is -0.133. The Morgan fingerprint density at radius 2 is 1.71 bits per heavy atom. The maximum Gasteiger partial charge on any atom is 0.273 e.